The van der Waals surface area contributed by atoms with E-state index < -0.39 is 0 Å². The molecule has 2 aliphatic rings. The Bertz CT molecular complexity index is 371. The molecule has 116 valence electrons. The van der Waals surface area contributed by atoms with Crippen LogP contribution in [0.4, 0.5) is 4.79 Å². The number of nitrogens with two attached hydrogens (primary N) is 1. The van der Waals surface area contributed by atoms with Gasteiger partial charge in [-0.15, -0.1) is 0 Å². The van der Waals surface area contributed by atoms with Gasteiger partial charge < -0.3 is 15.4 Å². The van der Waals surface area contributed by atoms with E-state index in [1.807, 2.05) is 4.90 Å². The molecule has 4 nitrogen and oxygen atoms in total. The maximum Gasteiger partial charge on any atom is 0.410 e. The Morgan fingerprint density at radius 3 is 2.60 bits per heavy atom. The number of carbonyl (C=O) groups is 1. The molecule has 0 aromatic rings. The lowest BCUT2D eigenvalue weighted by Gasteiger charge is -2.44. The third-order valence-corrected chi connectivity index (χ3v) is 4.93. The van der Waals surface area contributed by atoms with Gasteiger partial charge in [0.25, 0.3) is 0 Å². The first-order valence-electron chi connectivity index (χ1n) is 7.91. The second-order valence-electron chi connectivity index (χ2n) is 8.06. The van der Waals surface area contributed by atoms with Gasteiger partial charge in [-0.2, -0.15) is 0 Å². The average molecular weight is 282 g/mol. The van der Waals surface area contributed by atoms with E-state index in [9.17, 15) is 4.79 Å². The standard InChI is InChI=1S/C16H30N2O2/c1-5-15(10-17)7-6-8-16(9-15)12-18(13(19)20-16)11-14(2,3)4/h5-12,17H2,1-4H3. The number of rotatable bonds is 3. The molecule has 4 heteroatoms. The Balaban J connectivity index is 2.11. The van der Waals surface area contributed by atoms with Gasteiger partial charge in [-0.25, -0.2) is 4.79 Å². The highest BCUT2D eigenvalue weighted by Crippen LogP contribution is 2.47. The summed E-state index contributed by atoms with van der Waals surface area (Å²) >= 11 is 0. The van der Waals surface area contributed by atoms with Gasteiger partial charge in [0.15, 0.2) is 0 Å². The Morgan fingerprint density at radius 1 is 1.35 bits per heavy atom. The summed E-state index contributed by atoms with van der Waals surface area (Å²) in [4.78, 5) is 14.1. The van der Waals surface area contributed by atoms with Gasteiger partial charge in [-0.05, 0) is 49.5 Å². The van der Waals surface area contributed by atoms with Gasteiger partial charge in [0.1, 0.15) is 5.60 Å². The predicted octanol–water partition coefficient (Wildman–Crippen LogP) is 3.15. The lowest BCUT2D eigenvalue weighted by Crippen LogP contribution is -2.47. The molecule has 1 aliphatic heterocycles. The number of hydrogen-bond acceptors (Lipinski definition) is 3. The van der Waals surface area contributed by atoms with Crippen molar-refractivity contribution in [3.8, 4) is 0 Å². The minimum atomic E-state index is -0.282. The van der Waals surface area contributed by atoms with Crippen molar-refractivity contribution in [2.45, 2.75) is 65.4 Å². The van der Waals surface area contributed by atoms with E-state index in [-0.39, 0.29) is 22.5 Å². The van der Waals surface area contributed by atoms with E-state index in [4.69, 9.17) is 10.5 Å². The summed E-state index contributed by atoms with van der Waals surface area (Å²) in [5, 5.41) is 0. The predicted molar refractivity (Wildman–Crippen MR) is 80.5 cm³/mol. The second-order valence-corrected chi connectivity index (χ2v) is 8.06. The van der Waals surface area contributed by atoms with Crippen LogP contribution < -0.4 is 5.73 Å². The molecule has 2 rings (SSSR count). The zero-order valence-electron chi connectivity index (χ0n) is 13.5. The first-order chi connectivity index (χ1) is 9.23. The Morgan fingerprint density at radius 2 is 2.05 bits per heavy atom. The highest BCUT2D eigenvalue weighted by Gasteiger charge is 2.51. The van der Waals surface area contributed by atoms with Crippen LogP contribution in [0.25, 0.3) is 0 Å². The quantitative estimate of drug-likeness (QED) is 0.865. The number of hydrogen-bond donors (Lipinski definition) is 1. The van der Waals surface area contributed by atoms with E-state index >= 15 is 0 Å². The highest BCUT2D eigenvalue weighted by atomic mass is 16.6. The number of ether oxygens (including phenoxy) is 1. The third-order valence-electron chi connectivity index (χ3n) is 4.93. The summed E-state index contributed by atoms with van der Waals surface area (Å²) in [7, 11) is 0. The van der Waals surface area contributed by atoms with Crippen molar-refractivity contribution in [3.63, 3.8) is 0 Å². The van der Waals surface area contributed by atoms with Crippen LogP contribution in [0.3, 0.4) is 0 Å². The summed E-state index contributed by atoms with van der Waals surface area (Å²) in [6, 6.07) is 0. The van der Waals surface area contributed by atoms with Crippen molar-refractivity contribution < 1.29 is 9.53 Å². The van der Waals surface area contributed by atoms with Gasteiger partial charge in [0, 0.05) is 6.54 Å². The summed E-state index contributed by atoms with van der Waals surface area (Å²) in [6.45, 7) is 10.9. The molecule has 1 saturated heterocycles. The molecular weight excluding hydrogens is 252 g/mol. The third kappa shape index (κ3) is 3.11. The van der Waals surface area contributed by atoms with Crippen molar-refractivity contribution >= 4 is 6.09 Å². The van der Waals surface area contributed by atoms with E-state index in [0.29, 0.717) is 6.54 Å². The van der Waals surface area contributed by atoms with Gasteiger partial charge in [-0.3, -0.25) is 0 Å². The van der Waals surface area contributed by atoms with E-state index in [2.05, 4.69) is 27.7 Å². The van der Waals surface area contributed by atoms with Crippen molar-refractivity contribution in [2.75, 3.05) is 19.6 Å². The molecule has 2 unspecified atom stereocenters. The summed E-state index contributed by atoms with van der Waals surface area (Å²) in [5.41, 5.74) is 6.00. The maximum atomic E-state index is 12.2. The minimum Gasteiger partial charge on any atom is -0.441 e. The van der Waals surface area contributed by atoms with Gasteiger partial charge in [0.2, 0.25) is 0 Å². The first-order valence-corrected chi connectivity index (χ1v) is 7.91. The molecule has 2 atom stereocenters. The molecule has 0 bridgehead atoms. The summed E-state index contributed by atoms with van der Waals surface area (Å²) in [5.74, 6) is 0. The van der Waals surface area contributed by atoms with Crippen LogP contribution in [0.1, 0.15) is 59.8 Å². The monoisotopic (exact) mass is 282 g/mol. The van der Waals surface area contributed by atoms with Gasteiger partial charge in [-0.1, -0.05) is 27.7 Å². The molecule has 1 heterocycles. The molecule has 0 radical (unpaired) electrons. The smallest absolute Gasteiger partial charge is 0.410 e. The molecule has 1 aliphatic carbocycles. The van der Waals surface area contributed by atoms with Crippen LogP contribution in [0.2, 0.25) is 0 Å². The molecule has 20 heavy (non-hydrogen) atoms. The van der Waals surface area contributed by atoms with E-state index in [1.165, 1.54) is 6.42 Å². The Hall–Kier alpha value is -0.770. The van der Waals surface area contributed by atoms with Gasteiger partial charge >= 0.3 is 6.09 Å². The second kappa shape index (κ2) is 5.21. The Labute approximate surface area is 123 Å². The normalized spacial score (nSPS) is 34.6. The first kappa shape index (κ1) is 15.6. The lowest BCUT2D eigenvalue weighted by atomic mass is 9.66. The van der Waals surface area contributed by atoms with Crippen LogP contribution >= 0.6 is 0 Å². The number of carbonyl (C=O) groups excluding carboxylic acids is 1. The zero-order chi connectivity index (χ0) is 15.0. The van der Waals surface area contributed by atoms with Crippen molar-refractivity contribution in [2.24, 2.45) is 16.6 Å². The van der Waals surface area contributed by atoms with Crippen LogP contribution in [0.15, 0.2) is 0 Å². The molecule has 2 N–H and O–H groups in total. The lowest BCUT2D eigenvalue weighted by molar-refractivity contribution is -0.0264. The molecule has 1 spiro atoms. The molecule has 1 saturated carbocycles. The molecular formula is C16H30N2O2. The average Bonchev–Trinajstić information content (AvgIpc) is 2.63. The molecule has 1 amide bonds. The minimum absolute atomic E-state index is 0.106. The molecule has 0 aromatic heterocycles. The fourth-order valence-electron chi connectivity index (χ4n) is 3.88. The highest BCUT2D eigenvalue weighted by molar-refractivity contribution is 5.70. The zero-order valence-corrected chi connectivity index (χ0v) is 13.5. The van der Waals surface area contributed by atoms with Crippen LogP contribution in [-0.2, 0) is 4.74 Å². The van der Waals surface area contributed by atoms with E-state index in [1.54, 1.807) is 0 Å². The van der Waals surface area contributed by atoms with Crippen LogP contribution in [-0.4, -0.2) is 36.2 Å². The number of nitrogens with zero attached hydrogens (tertiary/aromatic N) is 1. The summed E-state index contributed by atoms with van der Waals surface area (Å²) < 4.78 is 5.84. The SMILES string of the molecule is CCC1(CN)CCCC2(CN(CC(C)(C)C)C(=O)O2)C1. The van der Waals surface area contributed by atoms with Crippen LogP contribution in [0, 0.1) is 10.8 Å². The van der Waals surface area contributed by atoms with E-state index in [0.717, 1.165) is 38.8 Å². The van der Waals surface area contributed by atoms with Gasteiger partial charge in [0.05, 0.1) is 6.54 Å². The Kier molecular flexibility index (Phi) is 4.07. The van der Waals surface area contributed by atoms with Crippen LogP contribution in [0.5, 0.6) is 0 Å². The van der Waals surface area contributed by atoms with Crippen molar-refractivity contribution in [3.05, 3.63) is 0 Å². The number of amides is 1. The fourth-order valence-corrected chi connectivity index (χ4v) is 3.88. The summed E-state index contributed by atoms with van der Waals surface area (Å²) in [6.07, 6.45) is 5.13. The largest absolute Gasteiger partial charge is 0.441 e. The topological polar surface area (TPSA) is 55.6 Å². The molecule has 0 aromatic carbocycles. The maximum absolute atomic E-state index is 12.2. The molecule has 2 fully saturated rings. The fraction of sp³-hybridized carbons (Fsp3) is 0.938. The van der Waals surface area contributed by atoms with Crippen molar-refractivity contribution in [1.82, 2.24) is 4.90 Å². The van der Waals surface area contributed by atoms with Crippen molar-refractivity contribution in [1.29, 1.82) is 0 Å².